The number of nitrogens with two attached hydrogens (primary N) is 1. The van der Waals surface area contributed by atoms with E-state index in [0.29, 0.717) is 18.5 Å². The molecule has 1 rings (SSSR count). The van der Waals surface area contributed by atoms with Crippen LogP contribution in [0, 0.1) is 5.92 Å². The minimum absolute atomic E-state index is 0.263. The van der Waals surface area contributed by atoms with E-state index in [1.54, 1.807) is 0 Å². The molecule has 0 saturated carbocycles. The lowest BCUT2D eigenvalue weighted by molar-refractivity contribution is 0.168. The van der Waals surface area contributed by atoms with Crippen LogP contribution in [0.25, 0.3) is 0 Å². The summed E-state index contributed by atoms with van der Waals surface area (Å²) in [4.78, 5) is 2.39. The molecule has 0 aromatic heterocycles. The zero-order valence-corrected chi connectivity index (χ0v) is 14.3. The molecule has 1 aromatic carbocycles. The number of hydrogen-bond donors (Lipinski definition) is 1. The average molecular weight is 292 g/mol. The van der Waals surface area contributed by atoms with E-state index >= 15 is 0 Å². The third kappa shape index (κ3) is 5.68. The van der Waals surface area contributed by atoms with Gasteiger partial charge in [0.15, 0.2) is 0 Å². The molecule has 0 radical (unpaired) electrons. The molecule has 120 valence electrons. The highest BCUT2D eigenvalue weighted by Gasteiger charge is 2.20. The molecule has 21 heavy (non-hydrogen) atoms. The zero-order chi connectivity index (χ0) is 15.8. The second-order valence-electron chi connectivity index (χ2n) is 6.31. The number of benzene rings is 1. The highest BCUT2D eigenvalue weighted by Crippen LogP contribution is 2.25. The molecule has 0 fully saturated rings. The molecule has 2 atom stereocenters. The van der Waals surface area contributed by atoms with Crippen molar-refractivity contribution in [1.29, 1.82) is 0 Å². The van der Waals surface area contributed by atoms with E-state index in [0.717, 1.165) is 18.8 Å². The Morgan fingerprint density at radius 3 is 2.24 bits per heavy atom. The van der Waals surface area contributed by atoms with Gasteiger partial charge in [-0.3, -0.25) is 4.90 Å². The number of nitrogens with zero attached hydrogens (tertiary/aromatic N) is 1. The van der Waals surface area contributed by atoms with Gasteiger partial charge in [-0.2, -0.15) is 0 Å². The maximum atomic E-state index is 6.02. The smallest absolute Gasteiger partial charge is 0.119 e. The number of rotatable bonds is 9. The van der Waals surface area contributed by atoms with Gasteiger partial charge in [-0.1, -0.05) is 32.9 Å². The van der Waals surface area contributed by atoms with Crippen LogP contribution in [-0.2, 0) is 0 Å². The van der Waals surface area contributed by atoms with Crippen LogP contribution in [0.4, 0.5) is 0 Å². The van der Waals surface area contributed by atoms with Gasteiger partial charge in [0.1, 0.15) is 5.75 Å². The van der Waals surface area contributed by atoms with Crippen LogP contribution in [-0.4, -0.2) is 31.1 Å². The van der Waals surface area contributed by atoms with Crippen molar-refractivity contribution < 1.29 is 4.74 Å². The van der Waals surface area contributed by atoms with Crippen molar-refractivity contribution in [3.05, 3.63) is 29.8 Å². The summed E-state index contributed by atoms with van der Waals surface area (Å²) >= 11 is 0. The molecule has 2 unspecified atom stereocenters. The molecule has 2 N–H and O–H groups in total. The summed E-state index contributed by atoms with van der Waals surface area (Å²) < 4.78 is 5.64. The van der Waals surface area contributed by atoms with Crippen LogP contribution in [0.1, 0.15) is 52.1 Å². The highest BCUT2D eigenvalue weighted by molar-refractivity contribution is 5.29. The monoisotopic (exact) mass is 292 g/mol. The number of ether oxygens (including phenoxy) is 1. The van der Waals surface area contributed by atoms with Crippen molar-refractivity contribution >= 4 is 0 Å². The first kappa shape index (κ1) is 18.0. The fourth-order valence-electron chi connectivity index (χ4n) is 2.70. The fourth-order valence-corrected chi connectivity index (χ4v) is 2.70. The summed E-state index contributed by atoms with van der Waals surface area (Å²) in [6, 6.07) is 9.17. The fraction of sp³-hybridized carbons (Fsp3) is 0.667. The summed E-state index contributed by atoms with van der Waals surface area (Å²) in [7, 11) is 2.17. The summed E-state index contributed by atoms with van der Waals surface area (Å²) in [5, 5.41) is 0. The van der Waals surface area contributed by atoms with Crippen molar-refractivity contribution in [2.75, 3.05) is 20.2 Å². The average Bonchev–Trinajstić information content (AvgIpc) is 2.46. The Bertz CT molecular complexity index is 389. The van der Waals surface area contributed by atoms with E-state index in [9.17, 15) is 0 Å². The Morgan fingerprint density at radius 2 is 1.76 bits per heavy atom. The molecule has 0 aliphatic rings. The number of likely N-dealkylation sites (N-methyl/N-ethyl adjacent to an activating group) is 1. The van der Waals surface area contributed by atoms with Crippen molar-refractivity contribution in [3.8, 4) is 5.75 Å². The largest absolute Gasteiger partial charge is 0.494 e. The predicted octanol–water partition coefficient (Wildman–Crippen LogP) is 3.84. The molecule has 0 aliphatic carbocycles. The summed E-state index contributed by atoms with van der Waals surface area (Å²) in [6.07, 6.45) is 2.22. The minimum Gasteiger partial charge on any atom is -0.494 e. The zero-order valence-electron chi connectivity index (χ0n) is 14.3. The third-order valence-corrected chi connectivity index (χ3v) is 3.96. The lowest BCUT2D eigenvalue weighted by Gasteiger charge is -2.33. The van der Waals surface area contributed by atoms with Gasteiger partial charge >= 0.3 is 0 Å². The van der Waals surface area contributed by atoms with Gasteiger partial charge < -0.3 is 10.5 Å². The lowest BCUT2D eigenvalue weighted by atomic mass is 9.99. The molecule has 3 nitrogen and oxygen atoms in total. The maximum absolute atomic E-state index is 6.02. The van der Waals surface area contributed by atoms with E-state index in [1.165, 1.54) is 12.0 Å². The van der Waals surface area contributed by atoms with Gasteiger partial charge in [-0.05, 0) is 50.4 Å². The molecule has 1 aromatic rings. The Hall–Kier alpha value is -1.06. The van der Waals surface area contributed by atoms with E-state index in [-0.39, 0.29) is 6.04 Å². The Labute approximate surface area is 130 Å². The molecule has 0 saturated heterocycles. The minimum atomic E-state index is 0.263. The Morgan fingerprint density at radius 1 is 1.14 bits per heavy atom. The van der Waals surface area contributed by atoms with Crippen molar-refractivity contribution in [2.24, 2.45) is 11.7 Å². The van der Waals surface area contributed by atoms with Crippen LogP contribution in [0.2, 0.25) is 0 Å². The molecule has 3 heteroatoms. The Balaban J connectivity index is 2.74. The predicted molar refractivity (Wildman–Crippen MR) is 90.7 cm³/mol. The quantitative estimate of drug-likeness (QED) is 0.751. The SMILES string of the molecule is CCCOc1ccc(C(CN)N(C)C(C)CC(C)C)cc1. The van der Waals surface area contributed by atoms with E-state index in [1.807, 2.05) is 0 Å². The molecule has 0 heterocycles. The van der Waals surface area contributed by atoms with Gasteiger partial charge in [0.25, 0.3) is 0 Å². The van der Waals surface area contributed by atoms with E-state index < -0.39 is 0 Å². The van der Waals surface area contributed by atoms with Gasteiger partial charge in [0.2, 0.25) is 0 Å². The van der Waals surface area contributed by atoms with Gasteiger partial charge in [-0.25, -0.2) is 0 Å². The van der Waals surface area contributed by atoms with Gasteiger partial charge in [0, 0.05) is 18.6 Å². The van der Waals surface area contributed by atoms with Crippen LogP contribution in [0.5, 0.6) is 5.75 Å². The third-order valence-electron chi connectivity index (χ3n) is 3.96. The van der Waals surface area contributed by atoms with Crippen LogP contribution in [0.3, 0.4) is 0 Å². The van der Waals surface area contributed by atoms with Crippen molar-refractivity contribution in [3.63, 3.8) is 0 Å². The summed E-state index contributed by atoms with van der Waals surface area (Å²) in [5.74, 6) is 1.64. The van der Waals surface area contributed by atoms with Crippen molar-refractivity contribution in [1.82, 2.24) is 4.90 Å². The second kappa shape index (κ2) is 9.06. The van der Waals surface area contributed by atoms with E-state index in [4.69, 9.17) is 10.5 Å². The van der Waals surface area contributed by atoms with E-state index in [2.05, 4.69) is 63.9 Å². The summed E-state index contributed by atoms with van der Waals surface area (Å²) in [6.45, 7) is 10.3. The highest BCUT2D eigenvalue weighted by atomic mass is 16.5. The molecular formula is C18H32N2O. The normalized spacial score (nSPS) is 14.5. The topological polar surface area (TPSA) is 38.5 Å². The maximum Gasteiger partial charge on any atom is 0.119 e. The van der Waals surface area contributed by atoms with Crippen LogP contribution in [0.15, 0.2) is 24.3 Å². The number of hydrogen-bond acceptors (Lipinski definition) is 3. The molecule has 0 bridgehead atoms. The second-order valence-corrected chi connectivity index (χ2v) is 6.31. The first-order chi connectivity index (χ1) is 9.99. The standard InChI is InChI=1S/C18H32N2O/c1-6-11-21-17-9-7-16(8-10-17)18(13-19)20(5)15(4)12-14(2)3/h7-10,14-15,18H,6,11-13,19H2,1-5H3. The van der Waals surface area contributed by atoms with Crippen molar-refractivity contribution in [2.45, 2.75) is 52.6 Å². The molecule has 0 amide bonds. The van der Waals surface area contributed by atoms with Crippen LogP contribution >= 0.6 is 0 Å². The lowest BCUT2D eigenvalue weighted by Crippen LogP contribution is -2.37. The van der Waals surface area contributed by atoms with Gasteiger partial charge in [0.05, 0.1) is 6.61 Å². The van der Waals surface area contributed by atoms with Gasteiger partial charge in [-0.15, -0.1) is 0 Å². The first-order valence-corrected chi connectivity index (χ1v) is 8.14. The molecule has 0 spiro atoms. The first-order valence-electron chi connectivity index (χ1n) is 8.14. The summed E-state index contributed by atoms with van der Waals surface area (Å²) in [5.41, 5.74) is 7.28. The molecular weight excluding hydrogens is 260 g/mol. The Kier molecular flexibility index (Phi) is 7.76. The molecule has 0 aliphatic heterocycles. The van der Waals surface area contributed by atoms with Crippen LogP contribution < -0.4 is 10.5 Å².